The molecule has 2 aliphatic rings. The molecule has 1 aromatic heterocycles. The standard InChI is InChI=1S/C16H19Cl2N3O3/c17-9-4-11-12(5-10(9)18)21(16(20-11)19-8-1-2-8)13-3-7(6-22)14(23)15(13)24/h4-5,7-8,13-15,22-24H,1-3,6H2,(H,19,20)/t7-,13-,14+,15-/m1/s1. The van der Waals surface area contributed by atoms with Crippen molar-refractivity contribution in [3.8, 4) is 0 Å². The van der Waals surface area contributed by atoms with Gasteiger partial charge in [-0.25, -0.2) is 4.98 Å². The van der Waals surface area contributed by atoms with Crippen molar-refractivity contribution in [3.63, 3.8) is 0 Å². The van der Waals surface area contributed by atoms with Crippen molar-refractivity contribution >= 4 is 40.2 Å². The fraction of sp³-hybridized carbons (Fsp3) is 0.562. The van der Waals surface area contributed by atoms with Gasteiger partial charge in [-0.1, -0.05) is 23.2 Å². The van der Waals surface area contributed by atoms with Crippen LogP contribution in [0, 0.1) is 5.92 Å². The lowest BCUT2D eigenvalue weighted by molar-refractivity contribution is -0.00345. The van der Waals surface area contributed by atoms with Gasteiger partial charge in [0.25, 0.3) is 0 Å². The van der Waals surface area contributed by atoms with Crippen molar-refractivity contribution in [3.05, 3.63) is 22.2 Å². The SMILES string of the molecule is OC[C@H]1C[C@@H](n2c(NC3CC3)nc3cc(Cl)c(Cl)cc32)[C@@H](O)[C@H]1O. The summed E-state index contributed by atoms with van der Waals surface area (Å²) in [4.78, 5) is 4.60. The Hall–Kier alpha value is -1.05. The Morgan fingerprint density at radius 2 is 1.88 bits per heavy atom. The monoisotopic (exact) mass is 371 g/mol. The maximum absolute atomic E-state index is 10.5. The van der Waals surface area contributed by atoms with E-state index in [1.807, 2.05) is 4.57 Å². The Kier molecular flexibility index (Phi) is 4.13. The lowest BCUT2D eigenvalue weighted by atomic mass is 10.1. The molecule has 0 unspecified atom stereocenters. The minimum absolute atomic E-state index is 0.167. The van der Waals surface area contributed by atoms with E-state index in [-0.39, 0.29) is 18.6 Å². The average Bonchev–Trinajstić information content (AvgIpc) is 3.25. The summed E-state index contributed by atoms with van der Waals surface area (Å²) in [6, 6.07) is 3.43. The van der Waals surface area contributed by atoms with Crippen molar-refractivity contribution in [2.45, 2.75) is 43.6 Å². The van der Waals surface area contributed by atoms with Gasteiger partial charge >= 0.3 is 0 Å². The number of fused-ring (bicyclic) bond motifs is 1. The van der Waals surface area contributed by atoms with E-state index < -0.39 is 12.2 Å². The summed E-state index contributed by atoms with van der Waals surface area (Å²) in [5.74, 6) is 0.277. The second-order valence-corrected chi connectivity index (χ2v) is 7.52. The van der Waals surface area contributed by atoms with Crippen molar-refractivity contribution < 1.29 is 15.3 Å². The largest absolute Gasteiger partial charge is 0.396 e. The number of nitrogens with zero attached hydrogens (tertiary/aromatic N) is 2. The highest BCUT2D eigenvalue weighted by atomic mass is 35.5. The summed E-state index contributed by atoms with van der Waals surface area (Å²) in [6.45, 7) is -0.167. The van der Waals surface area contributed by atoms with Crippen LogP contribution >= 0.6 is 23.2 Å². The van der Waals surface area contributed by atoms with Crippen molar-refractivity contribution in [1.82, 2.24) is 9.55 Å². The summed E-state index contributed by atoms with van der Waals surface area (Å²) >= 11 is 12.3. The normalized spacial score (nSPS) is 30.2. The van der Waals surface area contributed by atoms with Crippen LogP contribution in [-0.2, 0) is 0 Å². The number of halogens is 2. The molecule has 0 aliphatic heterocycles. The number of imidazole rings is 1. The smallest absolute Gasteiger partial charge is 0.204 e. The lowest BCUT2D eigenvalue weighted by Crippen LogP contribution is -2.30. The van der Waals surface area contributed by atoms with Gasteiger partial charge in [0.2, 0.25) is 5.95 Å². The van der Waals surface area contributed by atoms with Crippen LogP contribution in [0.1, 0.15) is 25.3 Å². The van der Waals surface area contributed by atoms with E-state index in [1.54, 1.807) is 12.1 Å². The van der Waals surface area contributed by atoms with Gasteiger partial charge in [0, 0.05) is 18.6 Å². The zero-order valence-electron chi connectivity index (χ0n) is 12.9. The maximum atomic E-state index is 10.5. The number of benzene rings is 1. The van der Waals surface area contributed by atoms with Gasteiger partial charge in [0.1, 0.15) is 6.10 Å². The highest BCUT2D eigenvalue weighted by Gasteiger charge is 2.43. The van der Waals surface area contributed by atoms with Crippen molar-refractivity contribution in [2.75, 3.05) is 11.9 Å². The van der Waals surface area contributed by atoms with Gasteiger partial charge in [-0.2, -0.15) is 0 Å². The number of nitrogens with one attached hydrogen (secondary N) is 1. The highest BCUT2D eigenvalue weighted by molar-refractivity contribution is 6.42. The Morgan fingerprint density at radius 3 is 2.50 bits per heavy atom. The third-order valence-electron chi connectivity index (χ3n) is 4.98. The van der Waals surface area contributed by atoms with E-state index in [0.29, 0.717) is 34.0 Å². The molecule has 2 aromatic rings. The summed E-state index contributed by atoms with van der Waals surface area (Å²) in [5, 5.41) is 34.3. The Labute approximate surface area is 149 Å². The van der Waals surface area contributed by atoms with Gasteiger partial charge in [0.05, 0.1) is 33.2 Å². The number of hydrogen-bond donors (Lipinski definition) is 4. The number of hydrogen-bond acceptors (Lipinski definition) is 5. The number of aliphatic hydroxyl groups excluding tert-OH is 3. The molecule has 4 rings (SSSR count). The van der Waals surface area contributed by atoms with Gasteiger partial charge in [-0.05, 0) is 31.4 Å². The Morgan fingerprint density at radius 1 is 1.17 bits per heavy atom. The topological polar surface area (TPSA) is 90.5 Å². The second kappa shape index (κ2) is 6.04. The van der Waals surface area contributed by atoms with E-state index in [4.69, 9.17) is 23.2 Å². The average molecular weight is 372 g/mol. The molecule has 8 heteroatoms. The first-order valence-electron chi connectivity index (χ1n) is 8.10. The molecule has 0 amide bonds. The van der Waals surface area contributed by atoms with Crippen LogP contribution < -0.4 is 5.32 Å². The third-order valence-corrected chi connectivity index (χ3v) is 5.70. The molecular formula is C16H19Cl2N3O3. The fourth-order valence-corrected chi connectivity index (χ4v) is 3.79. The minimum Gasteiger partial charge on any atom is -0.396 e. The van der Waals surface area contributed by atoms with Crippen LogP contribution in [0.25, 0.3) is 11.0 Å². The molecule has 2 fully saturated rings. The van der Waals surface area contributed by atoms with Crippen LogP contribution in [0.5, 0.6) is 0 Å². The molecule has 0 radical (unpaired) electrons. The summed E-state index contributed by atoms with van der Waals surface area (Å²) in [7, 11) is 0. The van der Waals surface area contributed by atoms with E-state index in [9.17, 15) is 15.3 Å². The van der Waals surface area contributed by atoms with E-state index in [0.717, 1.165) is 18.4 Å². The Balaban J connectivity index is 1.83. The summed E-state index contributed by atoms with van der Waals surface area (Å²) in [5.41, 5.74) is 1.43. The number of anilines is 1. The zero-order valence-corrected chi connectivity index (χ0v) is 14.4. The van der Waals surface area contributed by atoms with Crippen LogP contribution in [-0.4, -0.2) is 49.7 Å². The fourth-order valence-electron chi connectivity index (χ4n) is 3.47. The summed E-state index contributed by atoms with van der Waals surface area (Å²) < 4.78 is 1.89. The quantitative estimate of drug-likeness (QED) is 0.661. The predicted molar refractivity (Wildman–Crippen MR) is 92.6 cm³/mol. The van der Waals surface area contributed by atoms with E-state index >= 15 is 0 Å². The first kappa shape index (κ1) is 16.4. The highest BCUT2D eigenvalue weighted by Crippen LogP contribution is 2.41. The molecule has 2 aliphatic carbocycles. The van der Waals surface area contributed by atoms with Gasteiger partial charge in [0.15, 0.2) is 0 Å². The molecule has 0 spiro atoms. The predicted octanol–water partition coefficient (Wildman–Crippen LogP) is 2.19. The molecular weight excluding hydrogens is 353 g/mol. The minimum atomic E-state index is -0.978. The van der Waals surface area contributed by atoms with Crippen LogP contribution in [0.3, 0.4) is 0 Å². The van der Waals surface area contributed by atoms with Gasteiger partial charge < -0.3 is 25.2 Å². The zero-order chi connectivity index (χ0) is 17.0. The Bertz CT molecular complexity index is 778. The molecule has 2 saturated carbocycles. The summed E-state index contributed by atoms with van der Waals surface area (Å²) in [6.07, 6.45) is 0.687. The lowest BCUT2D eigenvalue weighted by Gasteiger charge is -2.21. The van der Waals surface area contributed by atoms with Crippen molar-refractivity contribution in [2.24, 2.45) is 5.92 Å². The molecule has 24 heavy (non-hydrogen) atoms. The number of aliphatic hydroxyl groups is 3. The maximum Gasteiger partial charge on any atom is 0.204 e. The van der Waals surface area contributed by atoms with Crippen LogP contribution in [0.2, 0.25) is 10.0 Å². The van der Waals surface area contributed by atoms with Crippen LogP contribution in [0.4, 0.5) is 5.95 Å². The van der Waals surface area contributed by atoms with Gasteiger partial charge in [-0.15, -0.1) is 0 Å². The second-order valence-electron chi connectivity index (χ2n) is 6.71. The molecule has 130 valence electrons. The molecule has 0 bridgehead atoms. The first-order valence-corrected chi connectivity index (χ1v) is 8.85. The molecule has 0 saturated heterocycles. The number of aromatic nitrogens is 2. The van der Waals surface area contributed by atoms with E-state index in [2.05, 4.69) is 10.3 Å². The third kappa shape index (κ3) is 2.66. The molecule has 4 N–H and O–H groups in total. The number of rotatable bonds is 4. The van der Waals surface area contributed by atoms with Crippen molar-refractivity contribution in [1.29, 1.82) is 0 Å². The molecule has 6 nitrogen and oxygen atoms in total. The van der Waals surface area contributed by atoms with E-state index in [1.165, 1.54) is 0 Å². The van der Waals surface area contributed by atoms with Crippen LogP contribution in [0.15, 0.2) is 12.1 Å². The molecule has 4 atom stereocenters. The molecule has 1 aromatic carbocycles. The molecule has 1 heterocycles. The first-order chi connectivity index (χ1) is 11.5. The van der Waals surface area contributed by atoms with Gasteiger partial charge in [-0.3, -0.25) is 0 Å².